The largest absolute Gasteiger partial charge is 0.384 e. The average Bonchev–Trinajstić information content (AvgIpc) is 2.68. The van der Waals surface area contributed by atoms with Crippen molar-refractivity contribution >= 4 is 11.5 Å². The van der Waals surface area contributed by atoms with E-state index in [1.54, 1.807) is 12.1 Å². The van der Waals surface area contributed by atoms with E-state index in [2.05, 4.69) is 0 Å². The zero-order chi connectivity index (χ0) is 12.7. The van der Waals surface area contributed by atoms with E-state index in [1.165, 1.54) is 6.07 Å². The molecule has 96 valence electrons. The average molecular weight is 249 g/mol. The second kappa shape index (κ2) is 4.24. The Morgan fingerprint density at radius 2 is 2.00 bits per heavy atom. The number of halogens is 1. The van der Waals surface area contributed by atoms with E-state index in [0.717, 1.165) is 25.9 Å². The summed E-state index contributed by atoms with van der Waals surface area (Å²) in [6.45, 7) is 1.49. The van der Waals surface area contributed by atoms with Crippen LogP contribution in [0.4, 0.5) is 10.1 Å². The van der Waals surface area contributed by atoms with Gasteiger partial charge in [0.25, 0.3) is 0 Å². The van der Waals surface area contributed by atoms with Crippen LogP contribution in [0.5, 0.6) is 0 Å². The molecule has 1 aromatic rings. The molecule has 2 saturated heterocycles. The lowest BCUT2D eigenvalue weighted by molar-refractivity contribution is 0.0303. The summed E-state index contributed by atoms with van der Waals surface area (Å²) in [7, 11) is 0. The van der Waals surface area contributed by atoms with E-state index in [4.69, 9.17) is 15.9 Å². The lowest BCUT2D eigenvalue weighted by atomic mass is 10.1. The smallest absolute Gasteiger partial charge is 0.147 e. The first-order valence-electron chi connectivity index (χ1n) is 6.18. The standard InChI is InChI=1S/C13H16FN3O/c14-11-5-8(13(15)16)1-4-12(11)17-6-9-2-3-10(7-17)18-9/h1,4-5,9-10H,2-3,6-7H2,(H3,15,16). The Morgan fingerprint density at radius 1 is 1.33 bits per heavy atom. The molecule has 18 heavy (non-hydrogen) atoms. The molecule has 0 amide bonds. The molecular weight excluding hydrogens is 233 g/mol. The zero-order valence-corrected chi connectivity index (χ0v) is 10.0. The Balaban J connectivity index is 1.86. The highest BCUT2D eigenvalue weighted by Crippen LogP contribution is 2.31. The number of nitrogens with one attached hydrogen (secondary N) is 1. The van der Waals surface area contributed by atoms with Crippen molar-refractivity contribution in [1.29, 1.82) is 5.41 Å². The van der Waals surface area contributed by atoms with Crippen LogP contribution >= 0.6 is 0 Å². The predicted molar refractivity (Wildman–Crippen MR) is 67.5 cm³/mol. The summed E-state index contributed by atoms with van der Waals surface area (Å²) < 4.78 is 19.8. The van der Waals surface area contributed by atoms with Gasteiger partial charge >= 0.3 is 0 Å². The molecule has 3 N–H and O–H groups in total. The highest BCUT2D eigenvalue weighted by Gasteiger charge is 2.34. The summed E-state index contributed by atoms with van der Waals surface area (Å²) in [5, 5.41) is 7.30. The third-order valence-corrected chi connectivity index (χ3v) is 3.64. The first-order valence-corrected chi connectivity index (χ1v) is 6.18. The van der Waals surface area contributed by atoms with Gasteiger partial charge in [0, 0.05) is 18.7 Å². The van der Waals surface area contributed by atoms with Crippen LogP contribution in [0, 0.1) is 11.2 Å². The summed E-state index contributed by atoms with van der Waals surface area (Å²) in [4.78, 5) is 2.03. The van der Waals surface area contributed by atoms with Crippen molar-refractivity contribution in [1.82, 2.24) is 0 Å². The van der Waals surface area contributed by atoms with Gasteiger partial charge in [0.15, 0.2) is 0 Å². The van der Waals surface area contributed by atoms with Crippen LogP contribution < -0.4 is 10.6 Å². The van der Waals surface area contributed by atoms with Crippen LogP contribution in [0.3, 0.4) is 0 Å². The van der Waals surface area contributed by atoms with Gasteiger partial charge < -0.3 is 15.4 Å². The number of nitrogens with two attached hydrogens (primary N) is 1. The zero-order valence-electron chi connectivity index (χ0n) is 10.0. The molecule has 2 bridgehead atoms. The van der Waals surface area contributed by atoms with Crippen molar-refractivity contribution in [2.24, 2.45) is 5.73 Å². The third-order valence-electron chi connectivity index (χ3n) is 3.64. The van der Waals surface area contributed by atoms with Crippen molar-refractivity contribution in [2.75, 3.05) is 18.0 Å². The van der Waals surface area contributed by atoms with Gasteiger partial charge in [0.1, 0.15) is 11.7 Å². The predicted octanol–water partition coefficient (Wildman–Crippen LogP) is 1.48. The van der Waals surface area contributed by atoms with Crippen LogP contribution in [0.15, 0.2) is 18.2 Å². The van der Waals surface area contributed by atoms with Gasteiger partial charge in [-0.1, -0.05) is 0 Å². The van der Waals surface area contributed by atoms with Crippen LogP contribution in [0.2, 0.25) is 0 Å². The molecule has 0 aromatic heterocycles. The third kappa shape index (κ3) is 1.95. The Morgan fingerprint density at radius 3 is 2.56 bits per heavy atom. The Kier molecular flexibility index (Phi) is 2.70. The molecule has 2 heterocycles. The number of benzene rings is 1. The summed E-state index contributed by atoms with van der Waals surface area (Å²) in [6.07, 6.45) is 2.59. The quantitative estimate of drug-likeness (QED) is 0.616. The summed E-state index contributed by atoms with van der Waals surface area (Å²) >= 11 is 0. The molecule has 5 heteroatoms. The van der Waals surface area contributed by atoms with Crippen molar-refractivity contribution in [2.45, 2.75) is 25.0 Å². The highest BCUT2D eigenvalue weighted by molar-refractivity contribution is 5.95. The van der Waals surface area contributed by atoms with Crippen molar-refractivity contribution < 1.29 is 9.13 Å². The van der Waals surface area contributed by atoms with Crippen molar-refractivity contribution in [3.63, 3.8) is 0 Å². The monoisotopic (exact) mass is 249 g/mol. The van der Waals surface area contributed by atoms with E-state index >= 15 is 0 Å². The summed E-state index contributed by atoms with van der Waals surface area (Å²) in [5.41, 5.74) is 6.36. The Bertz CT molecular complexity index is 479. The summed E-state index contributed by atoms with van der Waals surface area (Å²) in [5.74, 6) is -0.425. The van der Waals surface area contributed by atoms with Gasteiger partial charge in [-0.25, -0.2) is 4.39 Å². The van der Waals surface area contributed by atoms with Gasteiger partial charge in [-0.15, -0.1) is 0 Å². The lowest BCUT2D eigenvalue weighted by Crippen LogP contribution is -2.43. The maximum Gasteiger partial charge on any atom is 0.147 e. The van der Waals surface area contributed by atoms with E-state index < -0.39 is 0 Å². The number of rotatable bonds is 2. The first-order chi connectivity index (χ1) is 8.63. The molecule has 0 saturated carbocycles. The minimum Gasteiger partial charge on any atom is -0.384 e. The molecule has 2 fully saturated rings. The van der Waals surface area contributed by atoms with Gasteiger partial charge in [-0.2, -0.15) is 0 Å². The maximum atomic E-state index is 14.0. The maximum absolute atomic E-state index is 14.0. The number of anilines is 1. The number of hydrogen-bond acceptors (Lipinski definition) is 3. The molecule has 2 aliphatic rings. The first kappa shape index (κ1) is 11.5. The van der Waals surface area contributed by atoms with Gasteiger partial charge in [0.05, 0.1) is 17.9 Å². The molecule has 2 unspecified atom stereocenters. The Hall–Kier alpha value is -1.62. The second-order valence-electron chi connectivity index (χ2n) is 4.94. The van der Waals surface area contributed by atoms with E-state index in [9.17, 15) is 4.39 Å². The topological polar surface area (TPSA) is 62.3 Å². The molecular formula is C13H16FN3O. The van der Waals surface area contributed by atoms with Gasteiger partial charge in [0.2, 0.25) is 0 Å². The normalized spacial score (nSPS) is 26.4. The minimum absolute atomic E-state index is 0.109. The highest BCUT2D eigenvalue weighted by atomic mass is 19.1. The molecule has 1 aromatic carbocycles. The molecule has 4 nitrogen and oxygen atoms in total. The van der Waals surface area contributed by atoms with Gasteiger partial charge in [-0.05, 0) is 31.0 Å². The van der Waals surface area contributed by atoms with Crippen LogP contribution in [-0.4, -0.2) is 31.1 Å². The van der Waals surface area contributed by atoms with Crippen molar-refractivity contribution in [3.05, 3.63) is 29.6 Å². The molecule has 3 rings (SSSR count). The van der Waals surface area contributed by atoms with E-state index in [0.29, 0.717) is 11.3 Å². The van der Waals surface area contributed by atoms with Crippen LogP contribution in [0.1, 0.15) is 18.4 Å². The number of nitrogen functional groups attached to an aromatic ring is 1. The second-order valence-corrected chi connectivity index (χ2v) is 4.94. The molecule has 2 atom stereocenters. The van der Waals surface area contributed by atoms with E-state index in [1.807, 2.05) is 4.90 Å². The number of nitrogens with zero attached hydrogens (tertiary/aromatic N) is 1. The lowest BCUT2D eigenvalue weighted by Gasteiger charge is -2.34. The van der Waals surface area contributed by atoms with Crippen LogP contribution in [-0.2, 0) is 4.74 Å². The fraction of sp³-hybridized carbons (Fsp3) is 0.462. The number of amidine groups is 1. The van der Waals surface area contributed by atoms with E-state index in [-0.39, 0.29) is 23.9 Å². The minimum atomic E-state index is -0.316. The number of ether oxygens (including phenoxy) is 1. The van der Waals surface area contributed by atoms with Gasteiger partial charge in [-0.3, -0.25) is 5.41 Å². The van der Waals surface area contributed by atoms with Crippen LogP contribution in [0.25, 0.3) is 0 Å². The SMILES string of the molecule is N=C(N)c1ccc(N2CC3CCC(C2)O3)c(F)c1. The number of hydrogen-bond donors (Lipinski definition) is 2. The number of fused-ring (bicyclic) bond motifs is 2. The fourth-order valence-corrected chi connectivity index (χ4v) is 2.74. The van der Waals surface area contributed by atoms with Crippen molar-refractivity contribution in [3.8, 4) is 0 Å². The molecule has 0 aliphatic carbocycles. The summed E-state index contributed by atoms with van der Waals surface area (Å²) in [6, 6.07) is 4.73. The molecule has 0 radical (unpaired) electrons. The fourth-order valence-electron chi connectivity index (χ4n) is 2.74. The number of morpholine rings is 1. The Labute approximate surface area is 105 Å². The molecule has 0 spiro atoms. The molecule has 2 aliphatic heterocycles.